The molecule has 1 saturated heterocycles. The maximum absolute atomic E-state index is 11.4. The van der Waals surface area contributed by atoms with E-state index in [1.54, 1.807) is 0 Å². The normalized spacial score (nSPS) is 25.3. The van der Waals surface area contributed by atoms with Gasteiger partial charge in [0.05, 0.1) is 0 Å². The Kier molecular flexibility index (Phi) is 5.17. The van der Waals surface area contributed by atoms with E-state index < -0.39 is 18.6 Å². The molecule has 7 nitrogen and oxygen atoms in total. The Hall–Kier alpha value is -1.34. The summed E-state index contributed by atoms with van der Waals surface area (Å²) in [6.45, 7) is 3.51. The largest absolute Gasteiger partial charge is 0.479 e. The van der Waals surface area contributed by atoms with Gasteiger partial charge in [-0.25, -0.2) is 20.1 Å². The lowest BCUT2D eigenvalue weighted by atomic mass is 10.00. The summed E-state index contributed by atoms with van der Waals surface area (Å²) in [7, 11) is 0. The van der Waals surface area contributed by atoms with Crippen molar-refractivity contribution in [1.29, 1.82) is 0 Å². The lowest BCUT2D eigenvalue weighted by Gasteiger charge is -2.38. The molecule has 2 atom stereocenters. The minimum atomic E-state index is -1.13. The van der Waals surface area contributed by atoms with Gasteiger partial charge in [0.15, 0.2) is 6.61 Å². The molecule has 0 aliphatic carbocycles. The third-order valence-electron chi connectivity index (χ3n) is 2.78. The number of hydrazine groups is 1. The van der Waals surface area contributed by atoms with Crippen LogP contribution in [0.3, 0.4) is 0 Å². The van der Waals surface area contributed by atoms with Gasteiger partial charge in [-0.2, -0.15) is 0 Å². The van der Waals surface area contributed by atoms with Crippen LogP contribution in [0, 0.1) is 0 Å². The minimum Gasteiger partial charge on any atom is -0.479 e. The molecule has 0 bridgehead atoms. The Labute approximate surface area is 100 Å². The lowest BCUT2D eigenvalue weighted by molar-refractivity contribution is -0.144. The van der Waals surface area contributed by atoms with Crippen molar-refractivity contribution in [2.45, 2.75) is 45.2 Å². The molecule has 2 amide bonds. The van der Waals surface area contributed by atoms with Crippen molar-refractivity contribution < 1.29 is 19.5 Å². The number of hydrogen-bond acceptors (Lipinski definition) is 4. The average Bonchev–Trinajstić information content (AvgIpc) is 2.23. The van der Waals surface area contributed by atoms with Crippen molar-refractivity contribution in [3.63, 3.8) is 0 Å². The lowest BCUT2D eigenvalue weighted by Crippen LogP contribution is -2.56. The quantitative estimate of drug-likeness (QED) is 0.627. The molecule has 1 fully saturated rings. The van der Waals surface area contributed by atoms with Gasteiger partial charge in [-0.1, -0.05) is 6.42 Å². The van der Waals surface area contributed by atoms with Gasteiger partial charge in [-0.15, -0.1) is 0 Å². The number of piperidine rings is 1. The molecule has 3 N–H and O–H groups in total. The maximum atomic E-state index is 11.4. The smallest absolute Gasteiger partial charge is 0.353 e. The van der Waals surface area contributed by atoms with Crippen molar-refractivity contribution in [3.8, 4) is 0 Å². The fraction of sp³-hybridized carbons (Fsp3) is 0.800. The van der Waals surface area contributed by atoms with Crippen molar-refractivity contribution in [3.05, 3.63) is 0 Å². The monoisotopic (exact) mass is 245 g/mol. The van der Waals surface area contributed by atoms with Gasteiger partial charge in [0.25, 0.3) is 0 Å². The van der Waals surface area contributed by atoms with Crippen LogP contribution in [-0.4, -0.2) is 40.8 Å². The van der Waals surface area contributed by atoms with E-state index in [4.69, 9.17) is 5.11 Å². The predicted octanol–water partition coefficient (Wildman–Crippen LogP) is 0.480. The number of hydrogen-bond donors (Lipinski definition) is 3. The number of carboxylic acid groups (broad SMARTS) is 1. The number of urea groups is 1. The van der Waals surface area contributed by atoms with Gasteiger partial charge in [0.1, 0.15) is 0 Å². The molecule has 0 aromatic heterocycles. The summed E-state index contributed by atoms with van der Waals surface area (Å²) < 4.78 is 0. The molecule has 2 unspecified atom stereocenters. The molecule has 1 aliphatic rings. The van der Waals surface area contributed by atoms with E-state index >= 15 is 0 Å². The van der Waals surface area contributed by atoms with E-state index in [2.05, 4.69) is 10.3 Å². The van der Waals surface area contributed by atoms with Crippen LogP contribution in [0.25, 0.3) is 0 Å². The van der Waals surface area contributed by atoms with Crippen LogP contribution in [-0.2, 0) is 9.63 Å². The van der Waals surface area contributed by atoms with E-state index in [1.165, 1.54) is 0 Å². The Balaban J connectivity index is 2.31. The Morgan fingerprint density at radius 3 is 2.47 bits per heavy atom. The topological polar surface area (TPSA) is 90.9 Å². The van der Waals surface area contributed by atoms with Gasteiger partial charge >= 0.3 is 12.0 Å². The van der Waals surface area contributed by atoms with Crippen LogP contribution in [0.15, 0.2) is 0 Å². The Morgan fingerprint density at radius 2 is 1.94 bits per heavy atom. The minimum absolute atomic E-state index is 0.268. The number of rotatable bonds is 4. The molecular formula is C10H19N3O4. The van der Waals surface area contributed by atoms with Crippen molar-refractivity contribution >= 4 is 12.0 Å². The summed E-state index contributed by atoms with van der Waals surface area (Å²) in [6, 6.07) is -0.0141. The summed E-state index contributed by atoms with van der Waals surface area (Å²) in [5, 5.41) is 10.2. The zero-order valence-electron chi connectivity index (χ0n) is 10.1. The molecule has 0 saturated carbocycles. The fourth-order valence-electron chi connectivity index (χ4n) is 1.95. The molecule has 7 heteroatoms. The van der Waals surface area contributed by atoms with Gasteiger partial charge in [0, 0.05) is 12.1 Å². The molecule has 1 rings (SSSR count). The van der Waals surface area contributed by atoms with Crippen LogP contribution in [0.4, 0.5) is 4.79 Å². The number of nitrogens with one attached hydrogen (secondary N) is 2. The number of amides is 2. The molecule has 17 heavy (non-hydrogen) atoms. The first-order valence-corrected chi connectivity index (χ1v) is 5.69. The third-order valence-corrected chi connectivity index (χ3v) is 2.78. The number of carboxylic acids is 1. The van der Waals surface area contributed by atoms with Crippen LogP contribution in [0.2, 0.25) is 0 Å². The van der Waals surface area contributed by atoms with Crippen LogP contribution < -0.4 is 10.9 Å². The van der Waals surface area contributed by atoms with E-state index in [1.807, 2.05) is 24.3 Å². The Bertz CT molecular complexity index is 275. The maximum Gasteiger partial charge on any atom is 0.353 e. The number of hydroxylamine groups is 1. The fourth-order valence-corrected chi connectivity index (χ4v) is 1.95. The highest BCUT2D eigenvalue weighted by atomic mass is 16.7. The van der Waals surface area contributed by atoms with Gasteiger partial charge in [0.2, 0.25) is 0 Å². The number of aliphatic carboxylic acids is 1. The summed E-state index contributed by atoms with van der Waals surface area (Å²) in [6.07, 6.45) is 3.21. The van der Waals surface area contributed by atoms with E-state index in [0.717, 1.165) is 19.3 Å². The molecule has 0 spiro atoms. The number of nitrogens with zero attached hydrogens (tertiary/aromatic N) is 1. The number of carbonyl (C=O) groups is 2. The predicted molar refractivity (Wildman–Crippen MR) is 59.9 cm³/mol. The summed E-state index contributed by atoms with van der Waals surface area (Å²) >= 11 is 0. The van der Waals surface area contributed by atoms with Crippen LogP contribution in [0.1, 0.15) is 33.1 Å². The third kappa shape index (κ3) is 4.58. The molecule has 0 aromatic rings. The first-order valence-electron chi connectivity index (χ1n) is 5.69. The second-order valence-electron chi connectivity index (χ2n) is 4.26. The second-order valence-corrected chi connectivity index (χ2v) is 4.26. The summed E-state index contributed by atoms with van der Waals surface area (Å²) in [4.78, 5) is 26.1. The second kappa shape index (κ2) is 6.41. The SMILES string of the molecule is CC1CCCC(C)N1NC(=O)NOCC(=O)O. The van der Waals surface area contributed by atoms with Gasteiger partial charge < -0.3 is 5.11 Å². The zero-order valence-corrected chi connectivity index (χ0v) is 10.1. The first kappa shape index (κ1) is 13.7. The molecule has 0 radical (unpaired) electrons. The standard InChI is InChI=1S/C10H19N3O4/c1-7-4-3-5-8(2)13(7)11-10(16)12-17-6-9(14)15/h7-8H,3-6H2,1-2H3,(H,14,15)(H2,11,12,16). The van der Waals surface area contributed by atoms with E-state index in [-0.39, 0.29) is 12.1 Å². The average molecular weight is 245 g/mol. The summed E-state index contributed by atoms with van der Waals surface area (Å²) in [5.74, 6) is -1.13. The molecule has 98 valence electrons. The molecule has 1 aliphatic heterocycles. The highest BCUT2D eigenvalue weighted by Gasteiger charge is 2.26. The van der Waals surface area contributed by atoms with E-state index in [9.17, 15) is 9.59 Å². The molecular weight excluding hydrogens is 226 g/mol. The zero-order chi connectivity index (χ0) is 12.8. The van der Waals surface area contributed by atoms with Crippen LogP contribution >= 0.6 is 0 Å². The highest BCUT2D eigenvalue weighted by Crippen LogP contribution is 2.19. The Morgan fingerprint density at radius 1 is 1.35 bits per heavy atom. The van der Waals surface area contributed by atoms with Gasteiger partial charge in [-0.05, 0) is 26.7 Å². The first-order chi connectivity index (χ1) is 8.00. The van der Waals surface area contributed by atoms with Crippen molar-refractivity contribution in [1.82, 2.24) is 15.9 Å². The molecule has 0 aromatic carbocycles. The summed E-state index contributed by atoms with van der Waals surface area (Å²) in [5.41, 5.74) is 4.69. The van der Waals surface area contributed by atoms with Crippen LogP contribution in [0.5, 0.6) is 0 Å². The molecule has 1 heterocycles. The van der Waals surface area contributed by atoms with Crippen molar-refractivity contribution in [2.24, 2.45) is 0 Å². The van der Waals surface area contributed by atoms with E-state index in [0.29, 0.717) is 0 Å². The highest BCUT2D eigenvalue weighted by molar-refractivity contribution is 5.73. The van der Waals surface area contributed by atoms with Crippen molar-refractivity contribution in [2.75, 3.05) is 6.61 Å². The number of carbonyl (C=O) groups excluding carboxylic acids is 1. The van der Waals surface area contributed by atoms with Gasteiger partial charge in [-0.3, -0.25) is 10.3 Å².